The molecule has 2 amide bonds. The smallest absolute Gasteiger partial charge is 0.222 e. The molecule has 0 bridgehead atoms. The van der Waals surface area contributed by atoms with Crippen LogP contribution in [-0.2, 0) is 16.1 Å². The number of hydrogen-bond donors (Lipinski definition) is 1. The molecule has 1 N–H and O–H groups in total. The molecule has 2 aliphatic heterocycles. The predicted octanol–water partition coefficient (Wildman–Crippen LogP) is 3.65. The topological polar surface area (TPSA) is 91.8 Å². The normalized spacial score (nSPS) is 20.3. The van der Waals surface area contributed by atoms with Gasteiger partial charge >= 0.3 is 0 Å². The first-order valence-corrected chi connectivity index (χ1v) is 14.7. The number of aryl methyl sites for hydroxylation is 1. The molecule has 4 rings (SSSR count). The van der Waals surface area contributed by atoms with Crippen LogP contribution < -0.4 is 14.2 Å². The Morgan fingerprint density at radius 3 is 2.54 bits per heavy atom. The molecular formula is C32H45N3O6. The van der Waals surface area contributed by atoms with Gasteiger partial charge in [0.25, 0.3) is 0 Å². The summed E-state index contributed by atoms with van der Waals surface area (Å²) in [5.74, 6) is 2.18. The number of amides is 2. The first kappa shape index (κ1) is 30.7. The fourth-order valence-electron chi connectivity index (χ4n) is 5.49. The van der Waals surface area contributed by atoms with E-state index in [2.05, 4.69) is 4.90 Å². The number of β-amino-alcohol motifs (C(OH)–C–C–N with tert-alkyl or cyclic N) is 1. The summed E-state index contributed by atoms with van der Waals surface area (Å²) >= 11 is 0. The molecule has 1 atom stereocenters. The van der Waals surface area contributed by atoms with Crippen LogP contribution in [0.2, 0.25) is 0 Å². The van der Waals surface area contributed by atoms with Crippen molar-refractivity contribution in [3.05, 3.63) is 53.6 Å². The third kappa shape index (κ3) is 9.10. The summed E-state index contributed by atoms with van der Waals surface area (Å²) in [6.07, 6.45) is 4.60. The summed E-state index contributed by atoms with van der Waals surface area (Å²) < 4.78 is 17.6. The van der Waals surface area contributed by atoms with Crippen molar-refractivity contribution in [3.63, 3.8) is 0 Å². The summed E-state index contributed by atoms with van der Waals surface area (Å²) in [5.41, 5.74) is 0.924. The molecule has 0 spiro atoms. The third-order valence-corrected chi connectivity index (χ3v) is 7.80. The van der Waals surface area contributed by atoms with Crippen molar-refractivity contribution in [3.8, 4) is 17.2 Å². The van der Waals surface area contributed by atoms with Gasteiger partial charge in [0.15, 0.2) is 11.5 Å². The van der Waals surface area contributed by atoms with E-state index in [1.165, 1.54) is 6.92 Å². The van der Waals surface area contributed by atoms with Gasteiger partial charge in [-0.15, -0.1) is 0 Å². The lowest BCUT2D eigenvalue weighted by atomic mass is 10.0. The lowest BCUT2D eigenvalue weighted by Gasteiger charge is -2.32. The van der Waals surface area contributed by atoms with Gasteiger partial charge in [-0.1, -0.05) is 30.2 Å². The van der Waals surface area contributed by atoms with Gasteiger partial charge < -0.3 is 29.1 Å². The largest absolute Gasteiger partial charge is 0.493 e. The molecule has 0 saturated carbocycles. The number of aliphatic hydroxyl groups is 1. The average molecular weight is 568 g/mol. The van der Waals surface area contributed by atoms with Gasteiger partial charge in [-0.2, -0.15) is 0 Å². The standard InChI is InChI=1S/C32H45N3O6/c1-25-9-12-28(13-10-25)41-24-32(38)22-33(17-18-35(23-32)26(2)36)21-27-11-14-29(30(20-27)39-3)40-19-7-16-34-15-6-4-5-8-31(34)37/h9-14,20,38H,4-8,15-19,21-24H2,1-3H3. The minimum absolute atomic E-state index is 0.0657. The molecule has 0 aliphatic carbocycles. The molecule has 9 nitrogen and oxygen atoms in total. The molecule has 224 valence electrons. The zero-order chi connectivity index (χ0) is 29.2. The van der Waals surface area contributed by atoms with Gasteiger partial charge in [-0.3, -0.25) is 14.5 Å². The van der Waals surface area contributed by atoms with E-state index in [-0.39, 0.29) is 25.0 Å². The highest BCUT2D eigenvalue weighted by Crippen LogP contribution is 2.29. The Balaban J connectivity index is 1.35. The minimum Gasteiger partial charge on any atom is -0.493 e. The Labute approximate surface area is 244 Å². The monoisotopic (exact) mass is 567 g/mol. The van der Waals surface area contributed by atoms with E-state index in [0.717, 1.165) is 43.4 Å². The molecule has 0 aromatic heterocycles. The molecule has 2 aromatic carbocycles. The minimum atomic E-state index is -1.23. The van der Waals surface area contributed by atoms with Crippen LogP contribution in [-0.4, -0.2) is 96.8 Å². The Kier molecular flexibility index (Phi) is 10.9. The molecule has 2 fully saturated rings. The van der Waals surface area contributed by atoms with E-state index in [4.69, 9.17) is 14.2 Å². The van der Waals surface area contributed by atoms with E-state index in [1.807, 2.05) is 54.3 Å². The highest BCUT2D eigenvalue weighted by molar-refractivity contribution is 5.76. The van der Waals surface area contributed by atoms with Crippen molar-refractivity contribution in [1.29, 1.82) is 0 Å². The van der Waals surface area contributed by atoms with Crippen molar-refractivity contribution in [2.45, 2.75) is 58.1 Å². The van der Waals surface area contributed by atoms with Crippen LogP contribution >= 0.6 is 0 Å². The summed E-state index contributed by atoms with van der Waals surface area (Å²) in [4.78, 5) is 30.3. The van der Waals surface area contributed by atoms with E-state index in [0.29, 0.717) is 63.0 Å². The SMILES string of the molecule is COc1cc(CN2CCN(C(C)=O)CC(O)(COc3ccc(C)cc3)C2)ccc1OCCCN1CCCCCC1=O. The Morgan fingerprint density at radius 2 is 1.78 bits per heavy atom. The van der Waals surface area contributed by atoms with Crippen molar-refractivity contribution in [1.82, 2.24) is 14.7 Å². The number of methoxy groups -OCH3 is 1. The van der Waals surface area contributed by atoms with Gasteiger partial charge in [0.05, 0.1) is 20.3 Å². The quantitative estimate of drug-likeness (QED) is 0.415. The number of carbonyl (C=O) groups is 2. The number of benzene rings is 2. The Bertz CT molecular complexity index is 1160. The number of carbonyl (C=O) groups excluding carboxylic acids is 2. The van der Waals surface area contributed by atoms with Gasteiger partial charge in [0, 0.05) is 52.6 Å². The van der Waals surface area contributed by atoms with Gasteiger partial charge in [-0.25, -0.2) is 0 Å². The average Bonchev–Trinajstić information content (AvgIpc) is 3.26. The van der Waals surface area contributed by atoms with Crippen LogP contribution in [0.15, 0.2) is 42.5 Å². The van der Waals surface area contributed by atoms with Crippen LogP contribution in [0.4, 0.5) is 0 Å². The molecule has 2 saturated heterocycles. The third-order valence-electron chi connectivity index (χ3n) is 7.80. The predicted molar refractivity (Wildman–Crippen MR) is 157 cm³/mol. The molecular weight excluding hydrogens is 522 g/mol. The van der Waals surface area contributed by atoms with E-state index >= 15 is 0 Å². The van der Waals surface area contributed by atoms with Gasteiger partial charge in [0.2, 0.25) is 11.8 Å². The van der Waals surface area contributed by atoms with Crippen molar-refractivity contribution in [2.75, 3.05) is 59.6 Å². The van der Waals surface area contributed by atoms with Crippen molar-refractivity contribution >= 4 is 11.8 Å². The first-order valence-electron chi connectivity index (χ1n) is 14.7. The maximum atomic E-state index is 12.3. The lowest BCUT2D eigenvalue weighted by molar-refractivity contribution is -0.132. The zero-order valence-electron chi connectivity index (χ0n) is 24.8. The van der Waals surface area contributed by atoms with E-state index in [9.17, 15) is 14.7 Å². The number of nitrogens with zero attached hydrogens (tertiary/aromatic N) is 3. The second kappa shape index (κ2) is 14.5. The number of hydrogen-bond acceptors (Lipinski definition) is 7. The fourth-order valence-corrected chi connectivity index (χ4v) is 5.49. The van der Waals surface area contributed by atoms with Crippen LogP contribution in [0.3, 0.4) is 0 Å². The van der Waals surface area contributed by atoms with Gasteiger partial charge in [0.1, 0.15) is 18.0 Å². The molecule has 2 heterocycles. The summed E-state index contributed by atoms with van der Waals surface area (Å²) in [6, 6.07) is 13.6. The number of rotatable bonds is 11. The van der Waals surface area contributed by atoms with Gasteiger partial charge in [-0.05, 0) is 56.0 Å². The second-order valence-corrected chi connectivity index (χ2v) is 11.4. The maximum Gasteiger partial charge on any atom is 0.222 e. The van der Waals surface area contributed by atoms with Crippen molar-refractivity contribution < 1.29 is 28.9 Å². The Hall–Kier alpha value is -3.30. The molecule has 9 heteroatoms. The number of likely N-dealkylation sites (tertiary alicyclic amines) is 1. The fraction of sp³-hybridized carbons (Fsp3) is 0.562. The first-order chi connectivity index (χ1) is 19.7. The van der Waals surface area contributed by atoms with Crippen LogP contribution in [0.25, 0.3) is 0 Å². The molecule has 2 aliphatic rings. The zero-order valence-corrected chi connectivity index (χ0v) is 24.8. The second-order valence-electron chi connectivity index (χ2n) is 11.4. The van der Waals surface area contributed by atoms with Crippen LogP contribution in [0.5, 0.6) is 17.2 Å². The molecule has 2 aromatic rings. The van der Waals surface area contributed by atoms with E-state index < -0.39 is 5.60 Å². The number of ether oxygens (including phenoxy) is 3. The van der Waals surface area contributed by atoms with Crippen LogP contribution in [0.1, 0.15) is 50.2 Å². The lowest BCUT2D eigenvalue weighted by Crippen LogP contribution is -2.51. The van der Waals surface area contributed by atoms with Crippen LogP contribution in [0, 0.1) is 6.92 Å². The summed E-state index contributed by atoms with van der Waals surface area (Å²) in [5, 5.41) is 11.6. The highest BCUT2D eigenvalue weighted by atomic mass is 16.5. The molecule has 41 heavy (non-hydrogen) atoms. The summed E-state index contributed by atoms with van der Waals surface area (Å²) in [6.45, 7) is 7.98. The highest BCUT2D eigenvalue weighted by Gasteiger charge is 2.37. The maximum absolute atomic E-state index is 12.3. The molecule has 0 radical (unpaired) electrons. The van der Waals surface area contributed by atoms with Crippen molar-refractivity contribution in [2.24, 2.45) is 0 Å². The van der Waals surface area contributed by atoms with E-state index in [1.54, 1.807) is 12.0 Å². The molecule has 1 unspecified atom stereocenters. The Morgan fingerprint density at radius 1 is 0.976 bits per heavy atom. The summed E-state index contributed by atoms with van der Waals surface area (Å²) in [7, 11) is 1.62.